The van der Waals surface area contributed by atoms with Crippen molar-refractivity contribution in [3.05, 3.63) is 58.6 Å². The van der Waals surface area contributed by atoms with Crippen LogP contribution in [0.15, 0.2) is 52.4 Å². The van der Waals surface area contributed by atoms with E-state index in [1.54, 1.807) is 54.4 Å². The molecule has 0 aliphatic carbocycles. The van der Waals surface area contributed by atoms with E-state index in [0.717, 1.165) is 0 Å². The number of amidine groups is 1. The highest BCUT2D eigenvalue weighted by atomic mass is 35.5. The van der Waals surface area contributed by atoms with Crippen molar-refractivity contribution in [2.24, 2.45) is 15.4 Å². The van der Waals surface area contributed by atoms with Crippen LogP contribution >= 0.6 is 11.6 Å². The number of aliphatic imine (C=N–C) groups is 2. The van der Waals surface area contributed by atoms with Crippen LogP contribution in [0.5, 0.6) is 5.75 Å². The minimum absolute atomic E-state index is 0.111. The second-order valence-electron chi connectivity index (χ2n) is 11.8. The lowest BCUT2D eigenvalue weighted by atomic mass is 9.92. The average Bonchev–Trinajstić information content (AvgIpc) is 3.03. The van der Waals surface area contributed by atoms with Gasteiger partial charge in [0.15, 0.2) is 13.2 Å². The summed E-state index contributed by atoms with van der Waals surface area (Å²) in [5, 5.41) is 9.06. The first-order valence-corrected chi connectivity index (χ1v) is 15.3. The molecular formula is C32H37ClF3N7O5. The van der Waals surface area contributed by atoms with Crippen molar-refractivity contribution in [3.8, 4) is 18.1 Å². The smallest absolute Gasteiger partial charge is 0.422 e. The second kappa shape index (κ2) is 15.8. The number of nitrogens with one attached hydrogen (secondary N) is 3. The van der Waals surface area contributed by atoms with E-state index in [1.165, 1.54) is 4.90 Å². The van der Waals surface area contributed by atoms with Crippen LogP contribution in [0.2, 0.25) is 5.02 Å². The summed E-state index contributed by atoms with van der Waals surface area (Å²) in [6, 6.07) is 11.2. The normalized spacial score (nSPS) is 18.9. The quantitative estimate of drug-likeness (QED) is 0.388. The molecule has 0 radical (unpaired) electrons. The zero-order valence-corrected chi connectivity index (χ0v) is 27.5. The van der Waals surface area contributed by atoms with Gasteiger partial charge >= 0.3 is 12.3 Å². The Hall–Kier alpha value is -4.84. The van der Waals surface area contributed by atoms with Crippen molar-refractivity contribution in [1.29, 1.82) is 0 Å². The maximum absolute atomic E-state index is 13.0. The third kappa shape index (κ3) is 10.6. The summed E-state index contributed by atoms with van der Waals surface area (Å²) in [7, 11) is 1.65. The van der Waals surface area contributed by atoms with E-state index in [9.17, 15) is 22.8 Å². The molecule has 5 aliphatic heterocycles. The Morgan fingerprint density at radius 3 is 2.67 bits per heavy atom. The van der Waals surface area contributed by atoms with Crippen molar-refractivity contribution >= 4 is 41.3 Å². The molecule has 6 bridgehead atoms. The molecule has 5 heterocycles. The SMILES string of the molecule is C#CCOC(=O)N1CCCOc2ccc(cc2Cl)CN=C2NC(OCC(F)(F)F)=NC(Nc3ccc(cc3)C(=O)NCC(C)(C)C1)N2C. The number of nitrogens with zero attached hydrogens (tertiary/aromatic N) is 4. The molecule has 0 spiro atoms. The van der Waals surface area contributed by atoms with Crippen molar-refractivity contribution in [2.45, 2.75) is 39.3 Å². The van der Waals surface area contributed by atoms with Gasteiger partial charge in [0.1, 0.15) is 5.75 Å². The molecule has 0 saturated heterocycles. The molecule has 258 valence electrons. The Morgan fingerprint density at radius 1 is 1.23 bits per heavy atom. The highest BCUT2D eigenvalue weighted by Crippen LogP contribution is 2.27. The number of hydrogen-bond acceptors (Lipinski definition) is 10. The molecule has 0 fully saturated rings. The fourth-order valence-corrected chi connectivity index (χ4v) is 4.95. The number of ether oxygens (including phenoxy) is 3. The predicted molar refractivity (Wildman–Crippen MR) is 175 cm³/mol. The molecule has 1 unspecified atom stereocenters. The maximum Gasteiger partial charge on any atom is 0.422 e. The molecule has 7 rings (SSSR count). The molecule has 0 aromatic heterocycles. The lowest BCUT2D eigenvalue weighted by molar-refractivity contribution is -0.156. The zero-order valence-electron chi connectivity index (χ0n) is 26.7. The van der Waals surface area contributed by atoms with Crippen LogP contribution in [0, 0.1) is 17.8 Å². The first kappa shape index (κ1) is 36.0. The largest absolute Gasteiger partial charge is 0.492 e. The minimum atomic E-state index is -4.58. The lowest BCUT2D eigenvalue weighted by Gasteiger charge is -2.34. The summed E-state index contributed by atoms with van der Waals surface area (Å²) in [5.41, 5.74) is 1.05. The van der Waals surface area contributed by atoms with Crippen LogP contribution in [0.1, 0.15) is 36.2 Å². The van der Waals surface area contributed by atoms with Crippen LogP contribution in [0.25, 0.3) is 0 Å². The lowest BCUT2D eigenvalue weighted by Crippen LogP contribution is -2.55. The monoisotopic (exact) mass is 691 g/mol. The van der Waals surface area contributed by atoms with Crippen LogP contribution in [-0.4, -0.2) is 92.8 Å². The standard InChI is InChI=1S/C32H37ClF3N7O5/c1-5-14-47-30(45)43-13-6-15-46-25-12-7-21(16-24(25)33)17-37-27-40-29(48-20-32(34,35)36)41-28(42(27)4)39-23-10-8-22(9-11-23)26(44)38-18-31(2,3)19-43/h1,7-12,16,28,39H,6,13-15,17-20H2,2-4H3,(H,38,44)(H,37,40,41). The summed E-state index contributed by atoms with van der Waals surface area (Å²) in [6.07, 6.45) is -0.345. The number of carbonyl (C=O) groups excluding carboxylic acids is 2. The Kier molecular flexibility index (Phi) is 11.9. The molecule has 16 heteroatoms. The van der Waals surface area contributed by atoms with Gasteiger partial charge in [-0.05, 0) is 53.8 Å². The number of rotatable bonds is 2. The van der Waals surface area contributed by atoms with Gasteiger partial charge in [0, 0.05) is 37.9 Å². The van der Waals surface area contributed by atoms with Gasteiger partial charge in [-0.3, -0.25) is 10.1 Å². The van der Waals surface area contributed by atoms with E-state index in [-0.39, 0.29) is 50.7 Å². The van der Waals surface area contributed by atoms with E-state index in [4.69, 9.17) is 32.2 Å². The number of benzene rings is 2. The van der Waals surface area contributed by atoms with Gasteiger partial charge in [-0.1, -0.05) is 37.4 Å². The second-order valence-corrected chi connectivity index (χ2v) is 12.2. The fourth-order valence-electron chi connectivity index (χ4n) is 4.69. The Labute approximate surface area is 281 Å². The number of guanidine groups is 1. The van der Waals surface area contributed by atoms with E-state index < -0.39 is 30.6 Å². The van der Waals surface area contributed by atoms with Crippen molar-refractivity contribution in [1.82, 2.24) is 20.4 Å². The number of carbonyl (C=O) groups is 2. The van der Waals surface area contributed by atoms with Gasteiger partial charge in [-0.25, -0.2) is 9.79 Å². The van der Waals surface area contributed by atoms with Crippen LogP contribution in [-0.2, 0) is 16.0 Å². The third-order valence-corrected chi connectivity index (χ3v) is 7.39. The number of amides is 2. The first-order valence-electron chi connectivity index (χ1n) is 15.0. The van der Waals surface area contributed by atoms with Gasteiger partial charge in [0.05, 0.1) is 18.2 Å². The number of halogens is 4. The molecule has 48 heavy (non-hydrogen) atoms. The predicted octanol–water partition coefficient (Wildman–Crippen LogP) is 4.67. The molecule has 0 saturated carbocycles. The third-order valence-electron chi connectivity index (χ3n) is 7.10. The molecule has 2 amide bonds. The van der Waals surface area contributed by atoms with E-state index in [1.807, 2.05) is 13.8 Å². The number of hydrogen-bond donors (Lipinski definition) is 3. The topological polar surface area (TPSA) is 129 Å². The van der Waals surface area contributed by atoms with Crippen LogP contribution < -0.4 is 20.7 Å². The number of alkyl halides is 3. The van der Waals surface area contributed by atoms with Crippen molar-refractivity contribution in [2.75, 3.05) is 51.8 Å². The Balaban J connectivity index is 1.61. The molecule has 5 aliphatic rings. The van der Waals surface area contributed by atoms with E-state index in [0.29, 0.717) is 40.6 Å². The summed E-state index contributed by atoms with van der Waals surface area (Å²) in [6.45, 7) is 3.23. The number of anilines is 1. The van der Waals surface area contributed by atoms with Crippen LogP contribution in [0.4, 0.5) is 23.7 Å². The summed E-state index contributed by atoms with van der Waals surface area (Å²) >= 11 is 6.49. The molecule has 2 aromatic carbocycles. The van der Waals surface area contributed by atoms with Gasteiger partial charge in [-0.15, -0.1) is 6.42 Å². The van der Waals surface area contributed by atoms with Gasteiger partial charge in [0.2, 0.25) is 12.2 Å². The first-order chi connectivity index (χ1) is 22.7. The van der Waals surface area contributed by atoms with E-state index >= 15 is 0 Å². The molecule has 1 atom stereocenters. The van der Waals surface area contributed by atoms with Crippen molar-refractivity contribution in [3.63, 3.8) is 0 Å². The number of terminal acetylenes is 1. The molecular weight excluding hydrogens is 655 g/mol. The van der Waals surface area contributed by atoms with Gasteiger partial charge in [-0.2, -0.15) is 18.2 Å². The molecule has 3 N–H and O–H groups in total. The maximum atomic E-state index is 13.0. The van der Waals surface area contributed by atoms with E-state index in [2.05, 4.69) is 31.9 Å². The molecule has 12 nitrogen and oxygen atoms in total. The highest BCUT2D eigenvalue weighted by molar-refractivity contribution is 6.32. The highest BCUT2D eigenvalue weighted by Gasteiger charge is 2.32. The van der Waals surface area contributed by atoms with Gasteiger partial charge < -0.3 is 34.6 Å². The summed E-state index contributed by atoms with van der Waals surface area (Å²) < 4.78 is 54.8. The Morgan fingerprint density at radius 2 is 1.98 bits per heavy atom. The van der Waals surface area contributed by atoms with Crippen LogP contribution in [0.3, 0.4) is 0 Å². The average molecular weight is 692 g/mol. The zero-order chi connectivity index (χ0) is 34.9. The van der Waals surface area contributed by atoms with Crippen molar-refractivity contribution < 1.29 is 37.0 Å². The summed E-state index contributed by atoms with van der Waals surface area (Å²) in [4.78, 5) is 37.7. The summed E-state index contributed by atoms with van der Waals surface area (Å²) in [5.74, 6) is 2.56. The van der Waals surface area contributed by atoms with Gasteiger partial charge in [0.25, 0.3) is 11.9 Å². The minimum Gasteiger partial charge on any atom is -0.492 e. The molecule has 2 aromatic rings. The fraction of sp³-hybridized carbons (Fsp3) is 0.438. The Bertz CT molecular complexity index is 1560.